The fourth-order valence-electron chi connectivity index (χ4n) is 1.91. The van der Waals surface area contributed by atoms with E-state index in [2.05, 4.69) is 25.2 Å². The summed E-state index contributed by atoms with van der Waals surface area (Å²) in [6.45, 7) is 7.48. The molecule has 0 aromatic rings. The fourth-order valence-corrected chi connectivity index (χ4v) is 1.91. The molecule has 21 heavy (non-hydrogen) atoms. The summed E-state index contributed by atoms with van der Waals surface area (Å²) in [5, 5.41) is 0. The lowest BCUT2D eigenvalue weighted by atomic mass is 10.1. The molecule has 0 N–H and O–H groups in total. The van der Waals surface area contributed by atoms with Crippen LogP contribution >= 0.6 is 0 Å². The molecule has 115 valence electrons. The van der Waals surface area contributed by atoms with Gasteiger partial charge >= 0.3 is 0 Å². The Morgan fingerprint density at radius 3 is 1.62 bits per heavy atom. The van der Waals surface area contributed by atoms with E-state index in [0.717, 1.165) is 0 Å². The summed E-state index contributed by atoms with van der Waals surface area (Å²) in [4.78, 5) is 0. The van der Waals surface area contributed by atoms with Crippen LogP contribution in [-0.2, 0) is 0 Å². The zero-order valence-corrected chi connectivity index (χ0v) is 13.6. The summed E-state index contributed by atoms with van der Waals surface area (Å²) in [6.07, 6.45) is 32.5. The zero-order chi connectivity index (χ0) is 15.4. The van der Waals surface area contributed by atoms with Crippen LogP contribution < -0.4 is 0 Å². The smallest absolute Gasteiger partial charge is 0.0348 e. The Morgan fingerprint density at radius 1 is 0.571 bits per heavy atom. The quantitative estimate of drug-likeness (QED) is 0.255. The number of hydrogen-bond acceptors (Lipinski definition) is 0. The van der Waals surface area contributed by atoms with Gasteiger partial charge in [0.15, 0.2) is 0 Å². The molecule has 0 aliphatic heterocycles. The van der Waals surface area contributed by atoms with Crippen LogP contribution in [0.15, 0.2) is 66.8 Å². The first-order valence-electron chi connectivity index (χ1n) is 8.28. The third-order valence-electron chi connectivity index (χ3n) is 3.11. The minimum atomic E-state index is 1.20. The van der Waals surface area contributed by atoms with Crippen LogP contribution in [-0.4, -0.2) is 0 Å². The van der Waals surface area contributed by atoms with Crippen LogP contribution in [0.4, 0.5) is 0 Å². The van der Waals surface area contributed by atoms with Gasteiger partial charge in [0.05, 0.1) is 0 Å². The van der Waals surface area contributed by atoms with E-state index < -0.39 is 0 Å². The number of hydrogen-bond donors (Lipinski definition) is 0. The van der Waals surface area contributed by atoms with E-state index in [4.69, 9.17) is 6.58 Å². The Balaban J connectivity index is 3.44. The molecule has 0 bridgehead atoms. The van der Waals surface area contributed by atoms with Gasteiger partial charge in [-0.25, -0.2) is 0 Å². The third kappa shape index (κ3) is 18.4. The number of unbranched alkanes of at least 4 members (excludes halogenated alkanes) is 7. The highest BCUT2D eigenvalue weighted by Crippen LogP contribution is 2.08. The van der Waals surface area contributed by atoms with Crippen molar-refractivity contribution >= 4 is 0 Å². The summed E-state index contributed by atoms with van der Waals surface area (Å²) >= 11 is 0. The van der Waals surface area contributed by atoms with Crippen molar-refractivity contribution in [2.75, 3.05) is 0 Å². The van der Waals surface area contributed by atoms with E-state index in [1.54, 1.807) is 6.08 Å². The molecule has 0 saturated heterocycles. The second-order valence-electron chi connectivity index (χ2n) is 5.07. The van der Waals surface area contributed by atoms with E-state index in [1.807, 2.05) is 36.5 Å². The molecule has 0 unspecified atom stereocenters. The Hall–Kier alpha value is -1.56. The van der Waals surface area contributed by atoms with Gasteiger partial charge in [0.1, 0.15) is 0 Å². The first kappa shape index (κ1) is 19.4. The average molecular weight is 283 g/mol. The normalized spacial score (nSPS) is 12.8. The maximum atomic E-state index is 5.21. The molecule has 1 radical (unpaired) electrons. The molecular formula is C21H31. The summed E-state index contributed by atoms with van der Waals surface area (Å²) in [5.74, 6) is 0. The second-order valence-corrected chi connectivity index (χ2v) is 5.07. The van der Waals surface area contributed by atoms with Gasteiger partial charge in [0.2, 0.25) is 0 Å². The lowest BCUT2D eigenvalue weighted by Gasteiger charge is -1.98. The Labute approximate surface area is 132 Å². The molecule has 0 amide bonds. The van der Waals surface area contributed by atoms with Crippen LogP contribution in [0.2, 0.25) is 0 Å². The SMILES string of the molecule is [CH]=CC=CC=CC=CC=CC=CCCCCCCCCC. The van der Waals surface area contributed by atoms with Gasteiger partial charge in [-0.2, -0.15) is 0 Å². The topological polar surface area (TPSA) is 0 Å². The first-order chi connectivity index (χ1) is 10.4. The van der Waals surface area contributed by atoms with Gasteiger partial charge < -0.3 is 0 Å². The average Bonchev–Trinajstić information content (AvgIpc) is 2.50. The standard InChI is InChI=1S/C21H31/c1-3-5-7-9-11-13-15-17-19-21-20-18-16-14-12-10-8-6-4-2/h1,3,5,7,9,11,13,15,17,19-21H,4,6,8,10,12,14,16,18H2,2H3. The number of rotatable bonds is 13. The molecule has 0 atom stereocenters. The van der Waals surface area contributed by atoms with Crippen LogP contribution in [0.5, 0.6) is 0 Å². The van der Waals surface area contributed by atoms with Gasteiger partial charge in [-0.05, 0) is 12.8 Å². The molecule has 0 heteroatoms. The fraction of sp³-hybridized carbons (Fsp3) is 0.429. The Bertz CT molecular complexity index is 350. The molecule has 0 rings (SSSR count). The predicted molar refractivity (Wildman–Crippen MR) is 97.2 cm³/mol. The highest BCUT2D eigenvalue weighted by Gasteiger charge is 1.88. The van der Waals surface area contributed by atoms with Crippen LogP contribution in [0.3, 0.4) is 0 Å². The van der Waals surface area contributed by atoms with E-state index in [-0.39, 0.29) is 0 Å². The first-order valence-corrected chi connectivity index (χ1v) is 8.28. The molecule has 0 nitrogen and oxygen atoms in total. The van der Waals surface area contributed by atoms with Crippen molar-refractivity contribution in [3.63, 3.8) is 0 Å². The molecule has 0 aromatic carbocycles. The van der Waals surface area contributed by atoms with Gasteiger partial charge in [-0.15, -0.1) is 0 Å². The monoisotopic (exact) mass is 283 g/mol. The van der Waals surface area contributed by atoms with Gasteiger partial charge in [0, 0.05) is 0 Å². The van der Waals surface area contributed by atoms with Crippen molar-refractivity contribution < 1.29 is 0 Å². The van der Waals surface area contributed by atoms with E-state index in [1.165, 1.54) is 57.4 Å². The molecule has 0 aliphatic carbocycles. The van der Waals surface area contributed by atoms with Crippen molar-refractivity contribution in [2.45, 2.75) is 58.3 Å². The van der Waals surface area contributed by atoms with Crippen LogP contribution in [0.1, 0.15) is 58.3 Å². The van der Waals surface area contributed by atoms with Gasteiger partial charge in [-0.1, -0.05) is 119 Å². The molecule has 0 aromatic heterocycles. The minimum Gasteiger partial charge on any atom is -0.0845 e. The Kier molecular flexibility index (Phi) is 17.1. The van der Waals surface area contributed by atoms with Crippen molar-refractivity contribution in [3.05, 3.63) is 73.4 Å². The second kappa shape index (κ2) is 18.4. The largest absolute Gasteiger partial charge is 0.0845 e. The minimum absolute atomic E-state index is 1.20. The lowest BCUT2D eigenvalue weighted by molar-refractivity contribution is 0.592. The zero-order valence-electron chi connectivity index (χ0n) is 13.6. The van der Waals surface area contributed by atoms with Crippen molar-refractivity contribution in [1.29, 1.82) is 0 Å². The molecule has 0 aliphatic rings. The van der Waals surface area contributed by atoms with Crippen LogP contribution in [0, 0.1) is 6.58 Å². The van der Waals surface area contributed by atoms with Crippen molar-refractivity contribution in [1.82, 2.24) is 0 Å². The summed E-state index contributed by atoms with van der Waals surface area (Å²) in [6, 6.07) is 0. The highest BCUT2D eigenvalue weighted by molar-refractivity contribution is 5.18. The van der Waals surface area contributed by atoms with E-state index >= 15 is 0 Å². The van der Waals surface area contributed by atoms with Crippen LogP contribution in [0.25, 0.3) is 0 Å². The molecule has 0 fully saturated rings. The third-order valence-corrected chi connectivity index (χ3v) is 3.11. The maximum Gasteiger partial charge on any atom is -0.0348 e. The van der Waals surface area contributed by atoms with Crippen molar-refractivity contribution in [3.8, 4) is 0 Å². The summed E-state index contributed by atoms with van der Waals surface area (Å²) in [5.41, 5.74) is 0. The van der Waals surface area contributed by atoms with Crippen molar-refractivity contribution in [2.24, 2.45) is 0 Å². The van der Waals surface area contributed by atoms with E-state index in [9.17, 15) is 0 Å². The molecule has 0 heterocycles. The highest BCUT2D eigenvalue weighted by atomic mass is 13.9. The molecular weight excluding hydrogens is 252 g/mol. The summed E-state index contributed by atoms with van der Waals surface area (Å²) < 4.78 is 0. The maximum absolute atomic E-state index is 5.21. The number of allylic oxidation sites excluding steroid dienone is 11. The van der Waals surface area contributed by atoms with E-state index in [0.29, 0.717) is 0 Å². The summed E-state index contributed by atoms with van der Waals surface area (Å²) in [7, 11) is 0. The predicted octanol–water partition coefficient (Wildman–Crippen LogP) is 6.90. The Morgan fingerprint density at radius 2 is 1.05 bits per heavy atom. The van der Waals surface area contributed by atoms with Gasteiger partial charge in [-0.3, -0.25) is 0 Å². The molecule has 0 saturated carbocycles. The van der Waals surface area contributed by atoms with Gasteiger partial charge in [0.25, 0.3) is 0 Å². The lowest BCUT2D eigenvalue weighted by Crippen LogP contribution is -1.78. The molecule has 0 spiro atoms.